The highest BCUT2D eigenvalue weighted by Crippen LogP contribution is 2.33. The Hall–Kier alpha value is -0.380. The summed E-state index contributed by atoms with van der Waals surface area (Å²) in [7, 11) is 0. The van der Waals surface area contributed by atoms with Gasteiger partial charge in [-0.2, -0.15) is 0 Å². The van der Waals surface area contributed by atoms with Crippen molar-refractivity contribution in [2.24, 2.45) is 0 Å². The molecule has 2 nitrogen and oxygen atoms in total. The molecule has 17 heavy (non-hydrogen) atoms. The molecular formula is C14H23NOS. The zero-order valence-corrected chi connectivity index (χ0v) is 11.9. The lowest BCUT2D eigenvalue weighted by molar-refractivity contribution is -0.110. The van der Waals surface area contributed by atoms with Gasteiger partial charge in [-0.1, -0.05) is 20.3 Å². The van der Waals surface area contributed by atoms with E-state index < -0.39 is 0 Å². The normalized spacial score (nSPS) is 29.5. The van der Waals surface area contributed by atoms with Crippen LogP contribution in [0.4, 0.5) is 0 Å². The molecule has 1 N–H and O–H groups in total. The molecule has 0 radical (unpaired) electrons. The molecular weight excluding hydrogens is 230 g/mol. The summed E-state index contributed by atoms with van der Waals surface area (Å²) in [6.45, 7) is 8.58. The molecule has 2 heterocycles. The molecule has 1 aliphatic heterocycles. The maximum Gasteiger partial charge on any atom is 0.105 e. The van der Waals surface area contributed by atoms with E-state index in [1.165, 1.54) is 16.2 Å². The van der Waals surface area contributed by atoms with Crippen LogP contribution in [0.1, 0.15) is 49.5 Å². The van der Waals surface area contributed by atoms with Crippen LogP contribution in [0.5, 0.6) is 0 Å². The Morgan fingerprint density at radius 2 is 2.29 bits per heavy atom. The van der Waals surface area contributed by atoms with E-state index in [0.29, 0.717) is 0 Å². The monoisotopic (exact) mass is 253 g/mol. The van der Waals surface area contributed by atoms with Gasteiger partial charge in [-0.25, -0.2) is 0 Å². The van der Waals surface area contributed by atoms with Gasteiger partial charge < -0.3 is 10.1 Å². The molecule has 0 aromatic carbocycles. The Morgan fingerprint density at radius 3 is 2.94 bits per heavy atom. The summed E-state index contributed by atoms with van der Waals surface area (Å²) in [5.74, 6) is 0. The van der Waals surface area contributed by atoms with Gasteiger partial charge in [0.15, 0.2) is 0 Å². The standard InChI is InChI=1S/C14H23NOS/c1-4-8-14(3)10-15-9-12(16-14)13-7-6-11(5-2)17-13/h6-7,12,15H,4-5,8-10H2,1-3H3. The largest absolute Gasteiger partial charge is 0.364 e. The highest BCUT2D eigenvalue weighted by atomic mass is 32.1. The van der Waals surface area contributed by atoms with Gasteiger partial charge in [-0.05, 0) is 31.9 Å². The first-order chi connectivity index (χ1) is 8.17. The molecule has 1 aromatic heterocycles. The number of hydrogen-bond acceptors (Lipinski definition) is 3. The van der Waals surface area contributed by atoms with Crippen molar-refractivity contribution in [1.82, 2.24) is 5.32 Å². The van der Waals surface area contributed by atoms with E-state index in [4.69, 9.17) is 4.74 Å². The summed E-state index contributed by atoms with van der Waals surface area (Å²) in [6, 6.07) is 4.46. The predicted octanol–water partition coefficient (Wildman–Crippen LogP) is 3.53. The Kier molecular flexibility index (Phi) is 4.23. The third kappa shape index (κ3) is 3.09. The summed E-state index contributed by atoms with van der Waals surface area (Å²) in [6.07, 6.45) is 3.67. The molecule has 1 aliphatic rings. The first-order valence-corrected chi connectivity index (χ1v) is 7.45. The van der Waals surface area contributed by atoms with Gasteiger partial charge >= 0.3 is 0 Å². The van der Waals surface area contributed by atoms with E-state index in [2.05, 4.69) is 38.2 Å². The van der Waals surface area contributed by atoms with Crippen molar-refractivity contribution in [2.75, 3.05) is 13.1 Å². The van der Waals surface area contributed by atoms with Crippen molar-refractivity contribution in [1.29, 1.82) is 0 Å². The summed E-state index contributed by atoms with van der Waals surface area (Å²) in [5.41, 5.74) is 0.00797. The third-order valence-corrected chi connectivity index (χ3v) is 4.70. The van der Waals surface area contributed by atoms with Gasteiger partial charge in [0.25, 0.3) is 0 Å². The van der Waals surface area contributed by atoms with Gasteiger partial charge in [0, 0.05) is 22.8 Å². The number of rotatable bonds is 4. The van der Waals surface area contributed by atoms with E-state index in [0.717, 1.165) is 25.9 Å². The molecule has 96 valence electrons. The van der Waals surface area contributed by atoms with E-state index in [-0.39, 0.29) is 11.7 Å². The molecule has 0 bridgehead atoms. The Balaban J connectivity index is 2.06. The molecule has 0 saturated carbocycles. The molecule has 2 unspecified atom stereocenters. The molecule has 0 spiro atoms. The van der Waals surface area contributed by atoms with Crippen LogP contribution in [0.2, 0.25) is 0 Å². The first kappa shape index (κ1) is 13.1. The summed E-state index contributed by atoms with van der Waals surface area (Å²) in [4.78, 5) is 2.82. The van der Waals surface area contributed by atoms with Crippen LogP contribution in [0.15, 0.2) is 12.1 Å². The Bertz CT molecular complexity index is 359. The molecule has 1 saturated heterocycles. The fourth-order valence-electron chi connectivity index (χ4n) is 2.49. The molecule has 3 heteroatoms. The number of thiophene rings is 1. The number of hydrogen-bond donors (Lipinski definition) is 1. The van der Waals surface area contributed by atoms with Crippen molar-refractivity contribution in [3.63, 3.8) is 0 Å². The second-order valence-corrected chi connectivity index (χ2v) is 6.29. The molecule has 0 aliphatic carbocycles. The van der Waals surface area contributed by atoms with Gasteiger partial charge in [-0.3, -0.25) is 0 Å². The Morgan fingerprint density at radius 1 is 1.47 bits per heavy atom. The van der Waals surface area contributed by atoms with Crippen molar-refractivity contribution < 1.29 is 4.74 Å². The minimum atomic E-state index is 0.00797. The lowest BCUT2D eigenvalue weighted by Crippen LogP contribution is -2.48. The molecule has 1 fully saturated rings. The molecule has 0 amide bonds. The lowest BCUT2D eigenvalue weighted by atomic mass is 9.98. The van der Waals surface area contributed by atoms with Crippen LogP contribution in [-0.4, -0.2) is 18.7 Å². The number of nitrogens with one attached hydrogen (secondary N) is 1. The van der Waals surface area contributed by atoms with Crippen molar-refractivity contribution >= 4 is 11.3 Å². The van der Waals surface area contributed by atoms with Crippen molar-refractivity contribution in [3.8, 4) is 0 Å². The van der Waals surface area contributed by atoms with Crippen LogP contribution < -0.4 is 5.32 Å². The van der Waals surface area contributed by atoms with Gasteiger partial charge in [-0.15, -0.1) is 11.3 Å². The third-order valence-electron chi connectivity index (χ3n) is 3.38. The average Bonchev–Trinajstić information content (AvgIpc) is 2.77. The summed E-state index contributed by atoms with van der Waals surface area (Å²) in [5, 5.41) is 3.52. The van der Waals surface area contributed by atoms with E-state index >= 15 is 0 Å². The van der Waals surface area contributed by atoms with Gasteiger partial charge in [0.2, 0.25) is 0 Å². The maximum atomic E-state index is 6.31. The highest BCUT2D eigenvalue weighted by molar-refractivity contribution is 7.12. The van der Waals surface area contributed by atoms with E-state index in [9.17, 15) is 0 Å². The van der Waals surface area contributed by atoms with Crippen LogP contribution >= 0.6 is 11.3 Å². The second-order valence-electron chi connectivity index (χ2n) is 5.09. The topological polar surface area (TPSA) is 21.3 Å². The fraction of sp³-hybridized carbons (Fsp3) is 0.714. The van der Waals surface area contributed by atoms with Crippen LogP contribution in [0.25, 0.3) is 0 Å². The second kappa shape index (κ2) is 5.51. The quantitative estimate of drug-likeness (QED) is 0.886. The van der Waals surface area contributed by atoms with Crippen LogP contribution in [-0.2, 0) is 11.2 Å². The van der Waals surface area contributed by atoms with Crippen molar-refractivity contribution in [2.45, 2.75) is 51.7 Å². The van der Waals surface area contributed by atoms with Gasteiger partial charge in [0.05, 0.1) is 5.60 Å². The van der Waals surface area contributed by atoms with Crippen LogP contribution in [0.3, 0.4) is 0 Å². The molecule has 1 aromatic rings. The minimum absolute atomic E-state index is 0.00797. The summed E-state index contributed by atoms with van der Waals surface area (Å²) >= 11 is 1.89. The predicted molar refractivity (Wildman–Crippen MR) is 73.7 cm³/mol. The first-order valence-electron chi connectivity index (χ1n) is 6.64. The van der Waals surface area contributed by atoms with Crippen molar-refractivity contribution in [3.05, 3.63) is 21.9 Å². The SMILES string of the molecule is CCCC1(C)CNCC(c2ccc(CC)s2)O1. The molecule has 2 rings (SSSR count). The smallest absolute Gasteiger partial charge is 0.105 e. The minimum Gasteiger partial charge on any atom is -0.364 e. The fourth-order valence-corrected chi connectivity index (χ4v) is 3.47. The number of aryl methyl sites for hydroxylation is 1. The number of morpholine rings is 1. The maximum absolute atomic E-state index is 6.31. The highest BCUT2D eigenvalue weighted by Gasteiger charge is 2.33. The average molecular weight is 253 g/mol. The zero-order valence-electron chi connectivity index (χ0n) is 11.1. The zero-order chi connectivity index (χ0) is 12.3. The summed E-state index contributed by atoms with van der Waals surface area (Å²) < 4.78 is 6.31. The van der Waals surface area contributed by atoms with Gasteiger partial charge in [0.1, 0.15) is 6.10 Å². The van der Waals surface area contributed by atoms with Crippen LogP contribution in [0, 0.1) is 0 Å². The Labute approximate surface area is 108 Å². The molecule has 2 atom stereocenters. The lowest BCUT2D eigenvalue weighted by Gasteiger charge is -2.39. The van der Waals surface area contributed by atoms with E-state index in [1.54, 1.807) is 0 Å². The number of ether oxygens (including phenoxy) is 1. The van der Waals surface area contributed by atoms with E-state index in [1.807, 2.05) is 11.3 Å².